The molecule has 0 unspecified atom stereocenters. The van der Waals surface area contributed by atoms with Crippen molar-refractivity contribution in [2.75, 3.05) is 7.05 Å². The molecule has 0 aliphatic heterocycles. The molecule has 2 aromatic rings. The van der Waals surface area contributed by atoms with E-state index in [0.717, 1.165) is 23.2 Å². The van der Waals surface area contributed by atoms with Crippen LogP contribution >= 0.6 is 0 Å². The lowest BCUT2D eigenvalue weighted by Crippen LogP contribution is -2.17. The molecule has 1 heterocycles. The number of benzene rings is 1. The Morgan fingerprint density at radius 2 is 1.89 bits per heavy atom. The first kappa shape index (κ1) is 12.8. The van der Waals surface area contributed by atoms with Crippen molar-refractivity contribution in [3.63, 3.8) is 0 Å². The second kappa shape index (κ2) is 5.80. The molecular weight excluding hydrogens is 231 g/mol. The van der Waals surface area contributed by atoms with Gasteiger partial charge in [-0.1, -0.05) is 6.07 Å². The fourth-order valence-corrected chi connectivity index (χ4v) is 1.99. The molecule has 0 saturated heterocycles. The molecule has 18 heavy (non-hydrogen) atoms. The van der Waals surface area contributed by atoms with Crippen molar-refractivity contribution >= 4 is 0 Å². The predicted molar refractivity (Wildman–Crippen MR) is 68.2 cm³/mol. The van der Waals surface area contributed by atoms with Crippen LogP contribution in [0.2, 0.25) is 0 Å². The molecule has 2 N–H and O–H groups in total. The molecule has 0 radical (unpaired) electrons. The summed E-state index contributed by atoms with van der Waals surface area (Å²) in [7, 11) is 1.99. The van der Waals surface area contributed by atoms with Crippen LogP contribution in [0.4, 0.5) is 4.39 Å². The van der Waals surface area contributed by atoms with Gasteiger partial charge in [-0.25, -0.2) is 4.39 Å². The second-order valence-corrected chi connectivity index (χ2v) is 4.48. The van der Waals surface area contributed by atoms with Crippen molar-refractivity contribution < 1.29 is 8.81 Å². The minimum atomic E-state index is -0.232. The highest BCUT2D eigenvalue weighted by molar-refractivity contribution is 5.24. The number of hydrogen-bond acceptors (Lipinski definition) is 3. The van der Waals surface area contributed by atoms with E-state index in [1.165, 1.54) is 6.07 Å². The smallest absolute Gasteiger partial charge is 0.123 e. The first-order valence-corrected chi connectivity index (χ1v) is 5.85. The monoisotopic (exact) mass is 248 g/mol. The van der Waals surface area contributed by atoms with Crippen LogP contribution in [0.1, 0.15) is 16.7 Å². The standard InChI is InChI=1S/C14H17FN2O/c1-17(8-11-2-3-18-10-11)9-13-4-12(7-16)5-14(15)6-13/h2-6,10H,7-9,16H2,1H3. The molecule has 0 bridgehead atoms. The van der Waals surface area contributed by atoms with E-state index in [2.05, 4.69) is 4.90 Å². The number of hydrogen-bond donors (Lipinski definition) is 1. The summed E-state index contributed by atoms with van der Waals surface area (Å²) >= 11 is 0. The lowest BCUT2D eigenvalue weighted by Gasteiger charge is -2.16. The first-order chi connectivity index (χ1) is 8.67. The van der Waals surface area contributed by atoms with Crippen molar-refractivity contribution in [3.05, 3.63) is 59.3 Å². The quantitative estimate of drug-likeness (QED) is 0.884. The van der Waals surface area contributed by atoms with Crippen LogP contribution in [0.15, 0.2) is 41.2 Å². The zero-order valence-electron chi connectivity index (χ0n) is 10.4. The Labute approximate surface area is 106 Å². The molecule has 1 aromatic carbocycles. The van der Waals surface area contributed by atoms with Crippen LogP contribution in [0.5, 0.6) is 0 Å². The Balaban J connectivity index is 2.02. The minimum absolute atomic E-state index is 0.232. The summed E-state index contributed by atoms with van der Waals surface area (Å²) in [5.74, 6) is -0.232. The van der Waals surface area contributed by atoms with Gasteiger partial charge in [0, 0.05) is 25.2 Å². The van der Waals surface area contributed by atoms with Crippen LogP contribution in [-0.4, -0.2) is 11.9 Å². The lowest BCUT2D eigenvalue weighted by atomic mass is 10.1. The van der Waals surface area contributed by atoms with Gasteiger partial charge < -0.3 is 10.2 Å². The van der Waals surface area contributed by atoms with E-state index in [1.54, 1.807) is 18.6 Å². The van der Waals surface area contributed by atoms with Crippen LogP contribution < -0.4 is 5.73 Å². The van der Waals surface area contributed by atoms with Gasteiger partial charge in [-0.2, -0.15) is 0 Å². The van der Waals surface area contributed by atoms with E-state index in [-0.39, 0.29) is 5.82 Å². The maximum Gasteiger partial charge on any atom is 0.123 e. The van der Waals surface area contributed by atoms with E-state index < -0.39 is 0 Å². The summed E-state index contributed by atoms with van der Waals surface area (Å²) in [4.78, 5) is 2.10. The summed E-state index contributed by atoms with van der Waals surface area (Å²) < 4.78 is 18.4. The predicted octanol–water partition coefficient (Wildman–Crippen LogP) is 2.51. The molecule has 4 heteroatoms. The SMILES string of the molecule is CN(Cc1ccoc1)Cc1cc(F)cc(CN)c1. The van der Waals surface area contributed by atoms with Gasteiger partial charge in [0.2, 0.25) is 0 Å². The average Bonchev–Trinajstić information content (AvgIpc) is 2.80. The first-order valence-electron chi connectivity index (χ1n) is 5.85. The highest BCUT2D eigenvalue weighted by atomic mass is 19.1. The van der Waals surface area contributed by atoms with Gasteiger partial charge in [-0.3, -0.25) is 4.90 Å². The molecule has 3 nitrogen and oxygen atoms in total. The molecule has 0 amide bonds. The topological polar surface area (TPSA) is 42.4 Å². The van der Waals surface area contributed by atoms with Crippen molar-refractivity contribution in [2.45, 2.75) is 19.6 Å². The Morgan fingerprint density at radius 3 is 2.56 bits per heavy atom. The fraction of sp³-hybridized carbons (Fsp3) is 0.286. The van der Waals surface area contributed by atoms with Gasteiger partial charge in [-0.05, 0) is 36.4 Å². The summed E-state index contributed by atoms with van der Waals surface area (Å²) in [6, 6.07) is 6.88. The van der Waals surface area contributed by atoms with Gasteiger partial charge in [0.15, 0.2) is 0 Å². The number of furan rings is 1. The van der Waals surface area contributed by atoms with Crippen LogP contribution in [0.3, 0.4) is 0 Å². The summed E-state index contributed by atoms with van der Waals surface area (Å²) in [5.41, 5.74) is 8.39. The summed E-state index contributed by atoms with van der Waals surface area (Å²) in [6.45, 7) is 1.80. The van der Waals surface area contributed by atoms with Crippen molar-refractivity contribution in [1.82, 2.24) is 4.90 Å². The van der Waals surface area contributed by atoms with Crippen LogP contribution in [-0.2, 0) is 19.6 Å². The number of rotatable bonds is 5. The third-order valence-electron chi connectivity index (χ3n) is 2.74. The molecule has 0 aliphatic rings. The molecular formula is C14H17FN2O. The number of halogens is 1. The van der Waals surface area contributed by atoms with E-state index in [0.29, 0.717) is 13.1 Å². The van der Waals surface area contributed by atoms with Gasteiger partial charge in [0.1, 0.15) is 5.82 Å². The highest BCUT2D eigenvalue weighted by Crippen LogP contribution is 2.12. The van der Waals surface area contributed by atoms with E-state index in [4.69, 9.17) is 10.2 Å². The largest absolute Gasteiger partial charge is 0.472 e. The molecule has 0 aliphatic carbocycles. The Hall–Kier alpha value is -1.65. The number of nitrogens with two attached hydrogens (primary N) is 1. The summed E-state index contributed by atoms with van der Waals surface area (Å²) in [5, 5.41) is 0. The van der Waals surface area contributed by atoms with E-state index in [1.807, 2.05) is 19.2 Å². The van der Waals surface area contributed by atoms with Gasteiger partial charge >= 0.3 is 0 Å². The Kier molecular flexibility index (Phi) is 4.12. The van der Waals surface area contributed by atoms with Crippen molar-refractivity contribution in [3.8, 4) is 0 Å². The average molecular weight is 248 g/mol. The lowest BCUT2D eigenvalue weighted by molar-refractivity contribution is 0.317. The van der Waals surface area contributed by atoms with Crippen molar-refractivity contribution in [1.29, 1.82) is 0 Å². The van der Waals surface area contributed by atoms with E-state index in [9.17, 15) is 4.39 Å². The molecule has 96 valence electrons. The third-order valence-corrected chi connectivity index (χ3v) is 2.74. The van der Waals surface area contributed by atoms with Crippen LogP contribution in [0, 0.1) is 5.82 Å². The normalized spacial score (nSPS) is 11.1. The fourth-order valence-electron chi connectivity index (χ4n) is 1.99. The number of nitrogens with zero attached hydrogens (tertiary/aromatic N) is 1. The Morgan fingerprint density at radius 1 is 1.17 bits per heavy atom. The maximum absolute atomic E-state index is 13.4. The molecule has 0 fully saturated rings. The zero-order valence-corrected chi connectivity index (χ0v) is 10.4. The molecule has 0 spiro atoms. The zero-order chi connectivity index (χ0) is 13.0. The third kappa shape index (κ3) is 3.42. The van der Waals surface area contributed by atoms with Gasteiger partial charge in [0.05, 0.1) is 12.5 Å². The Bertz CT molecular complexity index is 497. The molecule has 2 rings (SSSR count). The molecule has 0 saturated carbocycles. The summed E-state index contributed by atoms with van der Waals surface area (Å²) in [6.07, 6.45) is 3.37. The van der Waals surface area contributed by atoms with Gasteiger partial charge in [-0.15, -0.1) is 0 Å². The minimum Gasteiger partial charge on any atom is -0.472 e. The van der Waals surface area contributed by atoms with Gasteiger partial charge in [0.25, 0.3) is 0 Å². The second-order valence-electron chi connectivity index (χ2n) is 4.48. The molecule has 0 atom stereocenters. The molecule has 1 aromatic heterocycles. The van der Waals surface area contributed by atoms with E-state index >= 15 is 0 Å². The van der Waals surface area contributed by atoms with Crippen molar-refractivity contribution in [2.24, 2.45) is 5.73 Å². The van der Waals surface area contributed by atoms with Crippen LogP contribution in [0.25, 0.3) is 0 Å². The maximum atomic E-state index is 13.4. The highest BCUT2D eigenvalue weighted by Gasteiger charge is 2.05.